The fourth-order valence-corrected chi connectivity index (χ4v) is 2.83. The van der Waals surface area contributed by atoms with Crippen molar-refractivity contribution in [1.82, 2.24) is 15.3 Å². The van der Waals surface area contributed by atoms with E-state index < -0.39 is 0 Å². The van der Waals surface area contributed by atoms with Crippen LogP contribution in [-0.2, 0) is 6.54 Å². The van der Waals surface area contributed by atoms with Crippen LogP contribution in [0.2, 0.25) is 0 Å². The Bertz CT molecular complexity index is 456. The lowest BCUT2D eigenvalue weighted by molar-refractivity contribution is 0.325. The van der Waals surface area contributed by atoms with E-state index >= 15 is 0 Å². The maximum absolute atomic E-state index is 4.74. The molecule has 0 amide bonds. The van der Waals surface area contributed by atoms with Gasteiger partial charge in [0, 0.05) is 37.1 Å². The molecule has 2 rings (SSSR count). The molecule has 0 aromatic carbocycles. The molecule has 1 saturated heterocycles. The number of rotatable bonds is 5. The van der Waals surface area contributed by atoms with Gasteiger partial charge in [0.2, 0.25) is 5.95 Å². The fourth-order valence-electron chi connectivity index (χ4n) is 2.83. The third-order valence-corrected chi connectivity index (χ3v) is 4.43. The van der Waals surface area contributed by atoms with E-state index in [0.717, 1.165) is 44.2 Å². The lowest BCUT2D eigenvalue weighted by atomic mass is 9.85. The van der Waals surface area contributed by atoms with E-state index in [-0.39, 0.29) is 0 Å². The Hall–Kier alpha value is -1.16. The summed E-state index contributed by atoms with van der Waals surface area (Å²) in [5.74, 6) is 0.907. The maximum atomic E-state index is 4.74. The van der Waals surface area contributed by atoms with E-state index in [1.807, 2.05) is 6.20 Å². The van der Waals surface area contributed by atoms with E-state index in [4.69, 9.17) is 4.98 Å². The molecule has 1 aliphatic heterocycles. The van der Waals surface area contributed by atoms with Gasteiger partial charge in [-0.3, -0.25) is 0 Å². The Labute approximate surface area is 129 Å². The summed E-state index contributed by atoms with van der Waals surface area (Å²) in [5, 5.41) is 3.42. The number of nitrogens with one attached hydrogen (secondary N) is 1. The molecule has 0 unspecified atom stereocenters. The van der Waals surface area contributed by atoms with E-state index in [1.54, 1.807) is 0 Å². The topological polar surface area (TPSA) is 41.1 Å². The molecular formula is C17H30N4. The summed E-state index contributed by atoms with van der Waals surface area (Å²) < 4.78 is 0. The van der Waals surface area contributed by atoms with E-state index in [1.165, 1.54) is 24.8 Å². The van der Waals surface area contributed by atoms with Gasteiger partial charge in [-0.2, -0.15) is 0 Å². The molecule has 1 aromatic rings. The Morgan fingerprint density at radius 3 is 2.81 bits per heavy atom. The number of hydrogen-bond acceptors (Lipinski definition) is 4. The highest BCUT2D eigenvalue weighted by molar-refractivity contribution is 5.33. The van der Waals surface area contributed by atoms with Crippen LogP contribution in [0.1, 0.15) is 57.7 Å². The zero-order valence-corrected chi connectivity index (χ0v) is 14.1. The first kappa shape index (κ1) is 16.2. The van der Waals surface area contributed by atoms with Gasteiger partial charge in [0.25, 0.3) is 0 Å². The Morgan fingerprint density at radius 2 is 2.10 bits per heavy atom. The summed E-state index contributed by atoms with van der Waals surface area (Å²) in [6, 6.07) is 0. The largest absolute Gasteiger partial charge is 0.341 e. The van der Waals surface area contributed by atoms with Crippen LogP contribution in [0.3, 0.4) is 0 Å². The second-order valence-electron chi connectivity index (χ2n) is 6.96. The molecule has 0 bridgehead atoms. The summed E-state index contributed by atoms with van der Waals surface area (Å²) in [4.78, 5) is 11.7. The van der Waals surface area contributed by atoms with Crippen LogP contribution >= 0.6 is 0 Å². The van der Waals surface area contributed by atoms with Crippen molar-refractivity contribution >= 4 is 5.95 Å². The zero-order valence-electron chi connectivity index (χ0n) is 14.1. The highest BCUT2D eigenvalue weighted by Gasteiger charge is 2.24. The highest BCUT2D eigenvalue weighted by atomic mass is 15.2. The second kappa shape index (κ2) is 7.21. The Kier molecular flexibility index (Phi) is 5.57. The summed E-state index contributed by atoms with van der Waals surface area (Å²) in [7, 11) is 0. The number of nitrogens with zero attached hydrogens (tertiary/aromatic N) is 3. The summed E-state index contributed by atoms with van der Waals surface area (Å²) in [5.41, 5.74) is 2.77. The zero-order chi connectivity index (χ0) is 15.3. The van der Waals surface area contributed by atoms with Crippen molar-refractivity contribution in [2.75, 3.05) is 24.5 Å². The number of anilines is 1. The van der Waals surface area contributed by atoms with Gasteiger partial charge < -0.3 is 10.2 Å². The monoisotopic (exact) mass is 290 g/mol. The van der Waals surface area contributed by atoms with Gasteiger partial charge in [0.05, 0.1) is 0 Å². The first-order valence-electron chi connectivity index (χ1n) is 8.30. The molecule has 1 aromatic heterocycles. The molecule has 0 aliphatic carbocycles. The van der Waals surface area contributed by atoms with E-state index in [9.17, 15) is 0 Å². The minimum atomic E-state index is 0.452. The van der Waals surface area contributed by atoms with Crippen LogP contribution in [0.4, 0.5) is 5.95 Å². The number of hydrogen-bond donors (Lipinski definition) is 1. The molecule has 1 N–H and O–H groups in total. The fraction of sp³-hybridized carbons (Fsp3) is 0.765. The van der Waals surface area contributed by atoms with Crippen molar-refractivity contribution in [2.24, 2.45) is 5.41 Å². The molecular weight excluding hydrogens is 260 g/mol. The van der Waals surface area contributed by atoms with Gasteiger partial charge >= 0.3 is 0 Å². The summed E-state index contributed by atoms with van der Waals surface area (Å²) >= 11 is 0. The predicted molar refractivity (Wildman–Crippen MR) is 88.6 cm³/mol. The van der Waals surface area contributed by atoms with Crippen molar-refractivity contribution in [3.8, 4) is 0 Å². The van der Waals surface area contributed by atoms with Gasteiger partial charge in [0.15, 0.2) is 0 Å². The number of aromatic nitrogens is 2. The van der Waals surface area contributed by atoms with Crippen molar-refractivity contribution in [1.29, 1.82) is 0 Å². The van der Waals surface area contributed by atoms with Crippen LogP contribution in [-0.4, -0.2) is 29.6 Å². The minimum absolute atomic E-state index is 0.452. The van der Waals surface area contributed by atoms with Crippen LogP contribution in [0.25, 0.3) is 0 Å². The van der Waals surface area contributed by atoms with Gasteiger partial charge in [-0.1, -0.05) is 20.8 Å². The quantitative estimate of drug-likeness (QED) is 0.845. The normalized spacial score (nSPS) is 18.6. The van der Waals surface area contributed by atoms with Gasteiger partial charge in [0.1, 0.15) is 0 Å². The van der Waals surface area contributed by atoms with E-state index in [2.05, 4.69) is 42.9 Å². The molecule has 0 radical (unpaired) electrons. The van der Waals surface area contributed by atoms with Crippen molar-refractivity contribution in [3.63, 3.8) is 0 Å². The molecule has 2 heterocycles. The number of aryl methyl sites for hydroxylation is 1. The van der Waals surface area contributed by atoms with Gasteiger partial charge in [-0.05, 0) is 44.6 Å². The first-order valence-corrected chi connectivity index (χ1v) is 8.30. The summed E-state index contributed by atoms with van der Waals surface area (Å²) in [6.45, 7) is 13.1. The average Bonchev–Trinajstić information content (AvgIpc) is 2.62. The second-order valence-corrected chi connectivity index (χ2v) is 6.96. The lowest BCUT2D eigenvalue weighted by Crippen LogP contribution is -2.27. The predicted octanol–water partition coefficient (Wildman–Crippen LogP) is 3.30. The smallest absolute Gasteiger partial charge is 0.225 e. The molecule has 4 heteroatoms. The molecule has 118 valence electrons. The Morgan fingerprint density at radius 1 is 1.29 bits per heavy atom. The first-order chi connectivity index (χ1) is 10.0. The standard InChI is InChI=1S/C17H30N4/c1-5-9-18-12-15-13-19-16(20-14(15)2)21-10-6-7-17(3,4)8-11-21/h13,18H,5-12H2,1-4H3. The molecule has 0 spiro atoms. The maximum Gasteiger partial charge on any atom is 0.225 e. The minimum Gasteiger partial charge on any atom is -0.341 e. The molecule has 21 heavy (non-hydrogen) atoms. The third-order valence-electron chi connectivity index (χ3n) is 4.43. The molecule has 4 nitrogen and oxygen atoms in total. The van der Waals surface area contributed by atoms with Crippen LogP contribution < -0.4 is 10.2 Å². The van der Waals surface area contributed by atoms with Gasteiger partial charge in [-0.25, -0.2) is 9.97 Å². The Balaban J connectivity index is 2.02. The third kappa shape index (κ3) is 4.67. The molecule has 1 fully saturated rings. The SMILES string of the molecule is CCCNCc1cnc(N2CCCC(C)(C)CC2)nc1C. The average molecular weight is 290 g/mol. The molecule has 0 saturated carbocycles. The van der Waals surface area contributed by atoms with Crippen molar-refractivity contribution < 1.29 is 0 Å². The van der Waals surface area contributed by atoms with E-state index in [0.29, 0.717) is 5.41 Å². The molecule has 0 atom stereocenters. The van der Waals surface area contributed by atoms with Crippen LogP contribution in [0, 0.1) is 12.3 Å². The van der Waals surface area contributed by atoms with Crippen LogP contribution in [0.15, 0.2) is 6.20 Å². The van der Waals surface area contributed by atoms with Gasteiger partial charge in [-0.15, -0.1) is 0 Å². The summed E-state index contributed by atoms with van der Waals surface area (Å²) in [6.07, 6.45) is 6.89. The lowest BCUT2D eigenvalue weighted by Gasteiger charge is -2.23. The highest BCUT2D eigenvalue weighted by Crippen LogP contribution is 2.30. The van der Waals surface area contributed by atoms with Crippen molar-refractivity contribution in [3.05, 3.63) is 17.5 Å². The van der Waals surface area contributed by atoms with Crippen molar-refractivity contribution in [2.45, 2.75) is 59.9 Å². The van der Waals surface area contributed by atoms with Crippen LogP contribution in [0.5, 0.6) is 0 Å². The molecule has 1 aliphatic rings.